The number of esters is 2. The van der Waals surface area contributed by atoms with Crippen LogP contribution in [0.2, 0.25) is 0 Å². The Morgan fingerprint density at radius 1 is 0.541 bits per heavy atom. The second-order valence-electron chi connectivity index (χ2n) is 18.0. The Bertz CT molecular complexity index is 2460. The van der Waals surface area contributed by atoms with Crippen molar-refractivity contribution in [1.29, 1.82) is 0 Å². The van der Waals surface area contributed by atoms with Gasteiger partial charge >= 0.3 is 11.9 Å². The molecule has 14 nitrogen and oxygen atoms in total. The first-order chi connectivity index (χ1) is 36.3. The summed E-state index contributed by atoms with van der Waals surface area (Å²) in [4.78, 5) is 32.3. The summed E-state index contributed by atoms with van der Waals surface area (Å²) in [6.45, 7) is 7.37. The van der Waals surface area contributed by atoms with Gasteiger partial charge in [0, 0.05) is 74.1 Å². The number of hydrogen-bond donors (Lipinski definition) is 4. The molecular weight excluding hydrogens is 947 g/mol. The second kappa shape index (κ2) is 29.9. The fourth-order valence-electron chi connectivity index (χ4n) is 8.93. The van der Waals surface area contributed by atoms with Gasteiger partial charge < -0.3 is 49.7 Å². The van der Waals surface area contributed by atoms with Crippen molar-refractivity contribution >= 4 is 11.9 Å². The molecule has 2 saturated heterocycles. The van der Waals surface area contributed by atoms with Crippen LogP contribution in [0.4, 0.5) is 8.78 Å². The first-order valence-electron chi connectivity index (χ1n) is 25.3. The summed E-state index contributed by atoms with van der Waals surface area (Å²) in [5, 5.41) is 14.1. The highest BCUT2D eigenvalue weighted by Gasteiger charge is 2.28. The Hall–Kier alpha value is -6.66. The van der Waals surface area contributed by atoms with Crippen LogP contribution in [0.3, 0.4) is 0 Å². The fraction of sp³-hybridized carbons (Fsp3) is 0.379. The number of nitrogens with one attached hydrogen (secondary N) is 4. The van der Waals surface area contributed by atoms with Gasteiger partial charge in [-0.15, -0.1) is 0 Å². The topological polar surface area (TPSA) is 163 Å². The lowest BCUT2D eigenvalue weighted by molar-refractivity contribution is 0.0585. The van der Waals surface area contributed by atoms with Crippen molar-refractivity contribution in [3.05, 3.63) is 190 Å². The van der Waals surface area contributed by atoms with Gasteiger partial charge in [-0.3, -0.25) is 0 Å². The Kier molecular flexibility index (Phi) is 22.3. The van der Waals surface area contributed by atoms with Crippen molar-refractivity contribution < 1.29 is 46.8 Å². The molecule has 2 aliphatic rings. The summed E-state index contributed by atoms with van der Waals surface area (Å²) < 4.78 is 59.7. The minimum atomic E-state index is -0.434. The molecule has 2 aromatic heterocycles. The number of hydrogen-bond acceptors (Lipinski definition) is 14. The number of halogens is 2. The summed E-state index contributed by atoms with van der Waals surface area (Å²) in [7, 11) is 2.71. The molecule has 2 aliphatic heterocycles. The van der Waals surface area contributed by atoms with Gasteiger partial charge in [-0.05, 0) is 97.7 Å². The molecule has 0 bridgehead atoms. The van der Waals surface area contributed by atoms with Gasteiger partial charge in [0.05, 0.1) is 65.2 Å². The van der Waals surface area contributed by atoms with Gasteiger partial charge in [0.15, 0.2) is 0 Å². The molecule has 8 rings (SSSR count). The smallest absolute Gasteiger partial charge is 0.356 e. The molecule has 0 amide bonds. The van der Waals surface area contributed by atoms with E-state index in [4.69, 9.17) is 28.4 Å². The number of rotatable bonds is 24. The molecule has 0 radical (unpaired) electrons. The third-order valence-corrected chi connectivity index (χ3v) is 12.9. The number of ether oxygens (including phenoxy) is 6. The monoisotopic (exact) mass is 1010 g/mol. The summed E-state index contributed by atoms with van der Waals surface area (Å²) in [5.41, 5.74) is 5.88. The van der Waals surface area contributed by atoms with Crippen LogP contribution in [0, 0.1) is 11.6 Å². The van der Waals surface area contributed by atoms with E-state index in [0.29, 0.717) is 73.9 Å². The molecule has 74 heavy (non-hydrogen) atoms. The first-order valence-corrected chi connectivity index (χ1v) is 25.3. The second-order valence-corrected chi connectivity index (χ2v) is 18.0. The molecule has 0 saturated carbocycles. The van der Waals surface area contributed by atoms with E-state index in [9.17, 15) is 18.4 Å². The van der Waals surface area contributed by atoms with Gasteiger partial charge in [-0.1, -0.05) is 72.8 Å². The standard InChI is InChI=1S/2C29H34FN3O4/c2*1-35-29(34)27-9-4-7-23(33-27)18-32-28-19-31-15-14-25(28)21-10-12-24(13-11-21)37-17-5-16-36-20-22-6-2-3-8-26(22)30/h2*2-4,6-13,25,28,31-32H,5,14-20H2,1H3/t2*25-,28-/m10/s1. The molecule has 6 aromatic rings. The number of carbonyl (C=O) groups is 2. The molecule has 4 heterocycles. The lowest BCUT2D eigenvalue weighted by atomic mass is 9.86. The van der Waals surface area contributed by atoms with Gasteiger partial charge in [0.1, 0.15) is 34.5 Å². The van der Waals surface area contributed by atoms with E-state index in [1.807, 2.05) is 48.5 Å². The van der Waals surface area contributed by atoms with Crippen molar-refractivity contribution in [3.63, 3.8) is 0 Å². The first kappa shape index (κ1) is 55.1. The molecular formula is C58H68F2N6O8. The number of benzene rings is 4. The van der Waals surface area contributed by atoms with E-state index in [-0.39, 0.29) is 36.9 Å². The zero-order chi connectivity index (χ0) is 51.7. The van der Waals surface area contributed by atoms with Crippen molar-refractivity contribution in [2.75, 3.05) is 66.8 Å². The van der Waals surface area contributed by atoms with Crippen molar-refractivity contribution in [1.82, 2.24) is 31.2 Å². The largest absolute Gasteiger partial charge is 0.494 e. The molecule has 2 fully saturated rings. The van der Waals surface area contributed by atoms with Crippen LogP contribution in [-0.2, 0) is 45.3 Å². The SMILES string of the molecule is COC(=O)c1cccc(CN[C@@H]2CNCC[C@@H]2c2ccc(OCCCOCc3ccccc3F)cc2)n1.COC(=O)c1cccc(CN[C@H]2CNCC[C@H]2c2ccc(OCCCOCc3ccccc3F)cc2)n1. The average molecular weight is 1020 g/mol. The molecule has 16 heteroatoms. The normalized spacial score (nSPS) is 17.4. The lowest BCUT2D eigenvalue weighted by Gasteiger charge is -2.33. The number of methoxy groups -OCH3 is 2. The van der Waals surface area contributed by atoms with Gasteiger partial charge in [0.2, 0.25) is 0 Å². The number of piperidine rings is 2. The van der Waals surface area contributed by atoms with Crippen LogP contribution >= 0.6 is 0 Å². The van der Waals surface area contributed by atoms with E-state index in [2.05, 4.69) is 55.5 Å². The highest BCUT2D eigenvalue weighted by Crippen LogP contribution is 2.29. The quantitative estimate of drug-likeness (QED) is 0.0337. The molecule has 0 unspecified atom stereocenters. The van der Waals surface area contributed by atoms with E-state index in [1.54, 1.807) is 48.5 Å². The van der Waals surface area contributed by atoms with Crippen LogP contribution in [-0.4, -0.2) is 101 Å². The predicted molar refractivity (Wildman–Crippen MR) is 278 cm³/mol. The zero-order valence-corrected chi connectivity index (χ0v) is 42.2. The van der Waals surface area contributed by atoms with Gasteiger partial charge in [-0.2, -0.15) is 0 Å². The third-order valence-electron chi connectivity index (χ3n) is 12.9. The van der Waals surface area contributed by atoms with Crippen LogP contribution in [0.15, 0.2) is 133 Å². The van der Waals surface area contributed by atoms with Gasteiger partial charge in [0.25, 0.3) is 0 Å². The third kappa shape index (κ3) is 17.2. The maximum atomic E-state index is 13.6. The number of nitrogens with zero attached hydrogens (tertiary/aromatic N) is 2. The molecule has 4 aromatic carbocycles. The maximum absolute atomic E-state index is 13.6. The number of pyridine rings is 2. The summed E-state index contributed by atoms with van der Waals surface area (Å²) in [6.07, 6.45) is 3.49. The minimum Gasteiger partial charge on any atom is -0.494 e. The summed E-state index contributed by atoms with van der Waals surface area (Å²) >= 11 is 0. The van der Waals surface area contributed by atoms with Crippen LogP contribution in [0.1, 0.15) is 92.1 Å². The molecule has 0 spiro atoms. The summed E-state index contributed by atoms with van der Waals surface area (Å²) in [5.74, 6) is 0.994. The average Bonchev–Trinajstić information content (AvgIpc) is 3.45. The Labute approximate surface area is 432 Å². The van der Waals surface area contributed by atoms with E-state index in [1.165, 1.54) is 37.5 Å². The highest BCUT2D eigenvalue weighted by atomic mass is 19.1. The minimum absolute atomic E-state index is 0.232. The number of aromatic nitrogens is 2. The zero-order valence-electron chi connectivity index (χ0n) is 42.2. The van der Waals surface area contributed by atoms with Crippen molar-refractivity contribution in [3.8, 4) is 11.5 Å². The maximum Gasteiger partial charge on any atom is 0.356 e. The van der Waals surface area contributed by atoms with Gasteiger partial charge in [-0.25, -0.2) is 28.3 Å². The fourth-order valence-corrected chi connectivity index (χ4v) is 8.93. The molecule has 392 valence electrons. The van der Waals surface area contributed by atoms with Crippen LogP contribution < -0.4 is 30.7 Å². The van der Waals surface area contributed by atoms with Crippen molar-refractivity contribution in [2.24, 2.45) is 0 Å². The van der Waals surface area contributed by atoms with Crippen molar-refractivity contribution in [2.45, 2.75) is 75.9 Å². The lowest BCUT2D eigenvalue weighted by Crippen LogP contribution is -2.47. The Balaban J connectivity index is 0.000000216. The Morgan fingerprint density at radius 3 is 1.36 bits per heavy atom. The Morgan fingerprint density at radius 2 is 0.959 bits per heavy atom. The molecule has 4 atom stereocenters. The van der Waals surface area contributed by atoms with E-state index < -0.39 is 11.9 Å². The predicted octanol–water partition coefficient (Wildman–Crippen LogP) is 8.46. The van der Waals surface area contributed by atoms with E-state index >= 15 is 0 Å². The van der Waals surface area contributed by atoms with Crippen LogP contribution in [0.5, 0.6) is 11.5 Å². The molecule has 4 N–H and O–H groups in total. The summed E-state index contributed by atoms with van der Waals surface area (Å²) in [6, 6.07) is 41.1. The van der Waals surface area contributed by atoms with E-state index in [0.717, 1.165) is 74.7 Å². The van der Waals surface area contributed by atoms with Crippen LogP contribution in [0.25, 0.3) is 0 Å². The highest BCUT2D eigenvalue weighted by molar-refractivity contribution is 5.87. The number of carbonyl (C=O) groups excluding carboxylic acids is 2. The molecule has 0 aliphatic carbocycles.